The molecular weight excluding hydrogens is 787 g/mol. The molecule has 0 aliphatic heterocycles. The second-order valence-electron chi connectivity index (χ2n) is 18.4. The van der Waals surface area contributed by atoms with Gasteiger partial charge in [-0.15, -0.1) is 0 Å². The minimum absolute atomic E-state index is 0.0315. The predicted molar refractivity (Wildman–Crippen MR) is 263 cm³/mol. The molecule has 0 amide bonds. The summed E-state index contributed by atoms with van der Waals surface area (Å²) in [6.07, 6.45) is 56.8. The van der Waals surface area contributed by atoms with Gasteiger partial charge in [0, 0.05) is 19.3 Å². The second kappa shape index (κ2) is 45.6. The Kier molecular flexibility index (Phi) is 43.4. The first-order valence-electron chi connectivity index (χ1n) is 25.8. The summed E-state index contributed by atoms with van der Waals surface area (Å²) in [5.74, 6) is -1.76. The number of likely N-dealkylation sites (N-methyl/N-ethyl adjacent to an activating group) is 1. The summed E-state index contributed by atoms with van der Waals surface area (Å²) >= 11 is 0. The zero-order chi connectivity index (χ0) is 46.3. The van der Waals surface area contributed by atoms with Crippen molar-refractivity contribution in [3.05, 3.63) is 60.8 Å². The second-order valence-corrected chi connectivity index (χ2v) is 18.4. The van der Waals surface area contributed by atoms with E-state index in [0.717, 1.165) is 83.5 Å². The monoisotopic (exact) mass is 884 g/mol. The average Bonchev–Trinajstić information content (AvgIpc) is 3.24. The first-order chi connectivity index (χ1) is 30.6. The number of allylic oxidation sites excluding steroid dienone is 10. The number of carboxylic acids is 1. The van der Waals surface area contributed by atoms with Crippen LogP contribution in [0.5, 0.6) is 0 Å². The Morgan fingerprint density at radius 2 is 0.889 bits per heavy atom. The van der Waals surface area contributed by atoms with E-state index in [9.17, 15) is 19.5 Å². The first-order valence-corrected chi connectivity index (χ1v) is 25.8. The maximum absolute atomic E-state index is 12.8. The molecule has 0 aromatic heterocycles. The van der Waals surface area contributed by atoms with Crippen LogP contribution in [-0.2, 0) is 28.6 Å². The molecule has 0 saturated heterocycles. The fourth-order valence-electron chi connectivity index (χ4n) is 7.41. The lowest BCUT2D eigenvalue weighted by Crippen LogP contribution is -2.55. The number of carbonyl (C=O) groups is 3. The number of hydrogen-bond donors (Lipinski definition) is 0. The smallest absolute Gasteiger partial charge is 0.306 e. The van der Waals surface area contributed by atoms with E-state index in [4.69, 9.17) is 14.2 Å². The predicted octanol–water partition coefficient (Wildman–Crippen LogP) is 13.6. The molecule has 364 valence electrons. The van der Waals surface area contributed by atoms with Crippen molar-refractivity contribution in [1.29, 1.82) is 0 Å². The van der Waals surface area contributed by atoms with E-state index in [1.807, 2.05) is 0 Å². The van der Waals surface area contributed by atoms with Gasteiger partial charge >= 0.3 is 11.9 Å². The summed E-state index contributed by atoms with van der Waals surface area (Å²) in [6, 6.07) is -0.732. The van der Waals surface area contributed by atoms with Crippen molar-refractivity contribution in [2.24, 2.45) is 0 Å². The molecule has 0 radical (unpaired) electrons. The first kappa shape index (κ1) is 60.0. The minimum Gasteiger partial charge on any atom is -0.544 e. The molecule has 8 nitrogen and oxygen atoms in total. The van der Waals surface area contributed by atoms with Crippen LogP contribution in [0.1, 0.15) is 219 Å². The number of aliphatic carboxylic acids is 1. The summed E-state index contributed by atoms with van der Waals surface area (Å²) < 4.78 is 17.2. The molecule has 0 bridgehead atoms. The van der Waals surface area contributed by atoms with Gasteiger partial charge in [-0.05, 0) is 77.0 Å². The lowest BCUT2D eigenvalue weighted by molar-refractivity contribution is -0.889. The van der Waals surface area contributed by atoms with Gasteiger partial charge in [0.05, 0.1) is 40.3 Å². The molecule has 8 heteroatoms. The molecule has 0 aromatic rings. The van der Waals surface area contributed by atoms with Crippen molar-refractivity contribution in [2.45, 2.75) is 231 Å². The summed E-state index contributed by atoms with van der Waals surface area (Å²) in [4.78, 5) is 37.0. The van der Waals surface area contributed by atoms with Gasteiger partial charge < -0.3 is 28.6 Å². The molecule has 0 aromatic carbocycles. The van der Waals surface area contributed by atoms with Crippen LogP contribution < -0.4 is 5.11 Å². The summed E-state index contributed by atoms with van der Waals surface area (Å²) in [5, 5.41) is 11.7. The Labute approximate surface area is 388 Å². The number of carboxylic acid groups (broad SMARTS) is 1. The van der Waals surface area contributed by atoms with Gasteiger partial charge in [-0.3, -0.25) is 9.59 Å². The van der Waals surface area contributed by atoms with E-state index < -0.39 is 18.1 Å². The number of hydrogen-bond acceptors (Lipinski definition) is 7. The van der Waals surface area contributed by atoms with Gasteiger partial charge in [-0.2, -0.15) is 0 Å². The van der Waals surface area contributed by atoms with Crippen LogP contribution in [0.25, 0.3) is 0 Å². The van der Waals surface area contributed by atoms with Crippen molar-refractivity contribution in [3.63, 3.8) is 0 Å². The molecule has 0 fully saturated rings. The highest BCUT2D eigenvalue weighted by molar-refractivity contribution is 5.70. The fraction of sp³-hybridized carbons (Fsp3) is 0.764. The van der Waals surface area contributed by atoms with Crippen LogP contribution >= 0.6 is 0 Å². The van der Waals surface area contributed by atoms with Gasteiger partial charge in [-0.1, -0.05) is 184 Å². The van der Waals surface area contributed by atoms with E-state index in [-0.39, 0.29) is 42.7 Å². The number of ether oxygens (including phenoxy) is 3. The molecule has 0 aliphatic rings. The molecule has 0 heterocycles. The Morgan fingerprint density at radius 3 is 1.32 bits per heavy atom. The SMILES string of the molecule is CC/C=C/C/C=C/C/C=C/CCCCCCCCC(=O)OCC(COCCC(C(=O)[O-])[N+](C)(C)C)OC(=O)CCCCCCCCC/C=C/C/C=C/CCCCCCCCCCC. The van der Waals surface area contributed by atoms with Crippen LogP contribution in [0.3, 0.4) is 0 Å². The van der Waals surface area contributed by atoms with Gasteiger partial charge in [0.25, 0.3) is 0 Å². The van der Waals surface area contributed by atoms with Gasteiger partial charge in [0.2, 0.25) is 0 Å². The quantitative estimate of drug-likeness (QED) is 0.0260. The molecule has 63 heavy (non-hydrogen) atoms. The van der Waals surface area contributed by atoms with Crippen LogP contribution in [0.2, 0.25) is 0 Å². The third-order valence-corrected chi connectivity index (χ3v) is 11.4. The van der Waals surface area contributed by atoms with Gasteiger partial charge in [-0.25, -0.2) is 0 Å². The van der Waals surface area contributed by atoms with E-state index in [1.165, 1.54) is 103 Å². The van der Waals surface area contributed by atoms with Crippen molar-refractivity contribution < 1.29 is 38.2 Å². The van der Waals surface area contributed by atoms with Crippen LogP contribution in [0.4, 0.5) is 0 Å². The Hall–Kier alpha value is -2.97. The standard InChI is InChI=1S/C55H97NO7/c1-6-8-10-12-14-16-18-20-22-24-25-26-27-28-29-30-32-34-36-38-40-42-44-46-54(58)63-51(49-61-48-47-52(55(59)60)56(3,4)5)50-62-53(57)45-43-41-39-37-35-33-31-23-21-19-17-15-13-11-9-7-2/h9,11,15,17,21,23,25-26,28-29,51-52H,6-8,10,12-14,16,18-20,22,24,27,30-50H2,1-5H3/b11-9+,17-15+,23-21+,26-25+,29-28+. The Balaban J connectivity index is 4.26. The Bertz CT molecular complexity index is 1210. The highest BCUT2D eigenvalue weighted by Crippen LogP contribution is 2.14. The average molecular weight is 884 g/mol. The highest BCUT2D eigenvalue weighted by Gasteiger charge is 2.25. The fourth-order valence-corrected chi connectivity index (χ4v) is 7.41. The lowest BCUT2D eigenvalue weighted by atomic mass is 10.1. The molecule has 0 saturated carbocycles. The van der Waals surface area contributed by atoms with Crippen molar-refractivity contribution in [1.82, 2.24) is 0 Å². The normalized spacial score (nSPS) is 13.3. The van der Waals surface area contributed by atoms with Crippen molar-refractivity contribution in [3.8, 4) is 0 Å². The molecule has 0 rings (SSSR count). The minimum atomic E-state index is -1.13. The van der Waals surface area contributed by atoms with Crippen LogP contribution in [0, 0.1) is 0 Å². The highest BCUT2D eigenvalue weighted by atomic mass is 16.6. The third kappa shape index (κ3) is 44.0. The van der Waals surface area contributed by atoms with E-state index >= 15 is 0 Å². The number of nitrogens with zero attached hydrogens (tertiary/aromatic N) is 1. The maximum atomic E-state index is 12.8. The zero-order valence-corrected chi connectivity index (χ0v) is 41.5. The van der Waals surface area contributed by atoms with Crippen LogP contribution in [-0.4, -0.2) is 75.5 Å². The maximum Gasteiger partial charge on any atom is 0.306 e. The number of unbranched alkanes of at least 4 members (excludes halogenated alkanes) is 22. The molecular formula is C55H97NO7. The number of quaternary nitrogens is 1. The van der Waals surface area contributed by atoms with E-state index in [2.05, 4.69) is 74.6 Å². The van der Waals surface area contributed by atoms with E-state index in [0.29, 0.717) is 12.8 Å². The molecule has 0 spiro atoms. The lowest BCUT2D eigenvalue weighted by Gasteiger charge is -2.34. The molecule has 2 unspecified atom stereocenters. The summed E-state index contributed by atoms with van der Waals surface area (Å²) in [5.41, 5.74) is 0. The molecule has 0 aliphatic carbocycles. The molecule has 0 N–H and O–H groups in total. The van der Waals surface area contributed by atoms with Crippen LogP contribution in [0.15, 0.2) is 60.8 Å². The Morgan fingerprint density at radius 1 is 0.492 bits per heavy atom. The zero-order valence-electron chi connectivity index (χ0n) is 41.5. The van der Waals surface area contributed by atoms with E-state index in [1.54, 1.807) is 21.1 Å². The summed E-state index contributed by atoms with van der Waals surface area (Å²) in [7, 11) is 5.41. The third-order valence-electron chi connectivity index (χ3n) is 11.4. The summed E-state index contributed by atoms with van der Waals surface area (Å²) in [6.45, 7) is 4.54. The van der Waals surface area contributed by atoms with Crippen molar-refractivity contribution >= 4 is 17.9 Å². The van der Waals surface area contributed by atoms with Gasteiger partial charge in [0.1, 0.15) is 12.6 Å². The number of esters is 2. The molecule has 2 atom stereocenters. The topological polar surface area (TPSA) is 102 Å². The van der Waals surface area contributed by atoms with Crippen molar-refractivity contribution in [2.75, 3.05) is 41.0 Å². The largest absolute Gasteiger partial charge is 0.544 e. The number of carbonyl (C=O) groups excluding carboxylic acids is 3. The van der Waals surface area contributed by atoms with Gasteiger partial charge in [0.15, 0.2) is 6.10 Å². The number of rotatable bonds is 46.